The van der Waals surface area contributed by atoms with E-state index in [1.165, 1.54) is 19.3 Å². The van der Waals surface area contributed by atoms with Crippen molar-refractivity contribution < 1.29 is 9.26 Å². The normalized spacial score (nSPS) is 16.1. The zero-order chi connectivity index (χ0) is 18.1. The molecule has 26 heavy (non-hydrogen) atoms. The number of methoxy groups -OCH3 is 1. The van der Waals surface area contributed by atoms with Gasteiger partial charge >= 0.3 is 0 Å². The highest BCUT2D eigenvalue weighted by molar-refractivity contribution is 14.0. The summed E-state index contributed by atoms with van der Waals surface area (Å²) in [6, 6.07) is 0. The summed E-state index contributed by atoms with van der Waals surface area (Å²) in [5, 5.41) is 10.7. The highest BCUT2D eigenvalue weighted by atomic mass is 127. The minimum absolute atomic E-state index is 0. The van der Waals surface area contributed by atoms with Gasteiger partial charge in [0.05, 0.1) is 0 Å². The van der Waals surface area contributed by atoms with Crippen molar-refractivity contribution in [3.05, 3.63) is 11.7 Å². The van der Waals surface area contributed by atoms with E-state index in [1.54, 1.807) is 7.11 Å². The number of aromatic nitrogens is 2. The number of aliphatic imine (C=N–C) groups is 1. The third-order valence-electron chi connectivity index (χ3n) is 4.80. The fraction of sp³-hybridized carbons (Fsp3) is 0.833. The van der Waals surface area contributed by atoms with Crippen LogP contribution in [0.3, 0.4) is 0 Å². The van der Waals surface area contributed by atoms with Gasteiger partial charge in [0.2, 0.25) is 5.89 Å². The molecule has 1 fully saturated rings. The Kier molecular flexibility index (Phi) is 10.4. The van der Waals surface area contributed by atoms with E-state index < -0.39 is 0 Å². The lowest BCUT2D eigenvalue weighted by molar-refractivity contribution is 0.0778. The molecule has 1 saturated carbocycles. The molecule has 1 aromatic heterocycles. The second-order valence-corrected chi connectivity index (χ2v) is 7.17. The first-order valence-corrected chi connectivity index (χ1v) is 9.42. The van der Waals surface area contributed by atoms with Crippen LogP contribution in [0.5, 0.6) is 0 Å². The van der Waals surface area contributed by atoms with Crippen molar-refractivity contribution in [2.24, 2.45) is 10.4 Å². The average Bonchev–Trinajstić information content (AvgIpc) is 3.02. The molecule has 0 atom stereocenters. The number of halogens is 1. The fourth-order valence-corrected chi connectivity index (χ4v) is 2.96. The summed E-state index contributed by atoms with van der Waals surface area (Å²) in [5.41, 5.74) is 0.330. The molecule has 8 heteroatoms. The lowest BCUT2D eigenvalue weighted by Crippen LogP contribution is -2.41. The Morgan fingerprint density at radius 3 is 2.65 bits per heavy atom. The Labute approximate surface area is 174 Å². The number of guanidine groups is 1. The van der Waals surface area contributed by atoms with Crippen LogP contribution in [0.4, 0.5) is 0 Å². The van der Waals surface area contributed by atoms with E-state index in [1.807, 2.05) is 0 Å². The number of hydrogen-bond donors (Lipinski definition) is 2. The van der Waals surface area contributed by atoms with Crippen molar-refractivity contribution in [3.8, 4) is 0 Å². The largest absolute Gasteiger partial charge is 0.385 e. The zero-order valence-electron chi connectivity index (χ0n) is 16.5. The molecule has 2 N–H and O–H groups in total. The Morgan fingerprint density at radius 1 is 1.35 bits per heavy atom. The molecule has 150 valence electrons. The highest BCUT2D eigenvalue weighted by Gasteiger charge is 2.36. The first-order valence-electron chi connectivity index (χ1n) is 9.42. The molecular weight excluding hydrogens is 445 g/mol. The Balaban J connectivity index is 0.00000338. The average molecular weight is 479 g/mol. The molecule has 1 aromatic rings. The van der Waals surface area contributed by atoms with E-state index in [9.17, 15) is 0 Å². The number of rotatable bonds is 10. The summed E-state index contributed by atoms with van der Waals surface area (Å²) in [6.45, 7) is 9.42. The molecule has 1 heterocycles. The Bertz CT molecular complexity index is 543. The van der Waals surface area contributed by atoms with E-state index in [4.69, 9.17) is 14.3 Å². The van der Waals surface area contributed by atoms with Gasteiger partial charge in [0.15, 0.2) is 11.8 Å². The molecule has 7 nitrogen and oxygen atoms in total. The van der Waals surface area contributed by atoms with Crippen LogP contribution < -0.4 is 10.6 Å². The minimum atomic E-state index is 0. The SMILES string of the molecule is CCNC(=NCC1(CCOC)CCC1)NCCc1nc(C(C)C)no1.I. The quantitative estimate of drug-likeness (QED) is 0.305. The molecule has 0 bridgehead atoms. The summed E-state index contributed by atoms with van der Waals surface area (Å²) in [4.78, 5) is 9.20. The van der Waals surface area contributed by atoms with Gasteiger partial charge in [-0.3, -0.25) is 4.99 Å². The van der Waals surface area contributed by atoms with Gasteiger partial charge in [-0.1, -0.05) is 25.4 Å². The molecule has 0 radical (unpaired) electrons. The summed E-state index contributed by atoms with van der Waals surface area (Å²) in [5.74, 6) is 2.58. The third-order valence-corrected chi connectivity index (χ3v) is 4.80. The molecule has 0 aliphatic heterocycles. The van der Waals surface area contributed by atoms with Gasteiger partial charge in [-0.05, 0) is 31.6 Å². The zero-order valence-corrected chi connectivity index (χ0v) is 18.8. The van der Waals surface area contributed by atoms with E-state index in [-0.39, 0.29) is 29.9 Å². The second kappa shape index (κ2) is 11.7. The molecule has 0 unspecified atom stereocenters. The van der Waals surface area contributed by atoms with Crippen LogP contribution in [0, 0.1) is 5.41 Å². The van der Waals surface area contributed by atoms with E-state index in [2.05, 4.69) is 41.5 Å². The number of nitrogens with one attached hydrogen (secondary N) is 2. The van der Waals surface area contributed by atoms with Crippen LogP contribution >= 0.6 is 24.0 Å². The highest BCUT2D eigenvalue weighted by Crippen LogP contribution is 2.44. The first kappa shape index (κ1) is 23.1. The minimum Gasteiger partial charge on any atom is -0.385 e. The van der Waals surface area contributed by atoms with Crippen molar-refractivity contribution in [1.82, 2.24) is 20.8 Å². The molecule has 0 saturated heterocycles. The molecule has 0 aromatic carbocycles. The van der Waals surface area contributed by atoms with Crippen LogP contribution in [-0.4, -0.2) is 49.5 Å². The van der Waals surface area contributed by atoms with Crippen LogP contribution in [0.1, 0.15) is 64.1 Å². The molecular formula is C18H34IN5O2. The fourth-order valence-electron chi connectivity index (χ4n) is 2.96. The lowest BCUT2D eigenvalue weighted by Gasteiger charge is -2.40. The van der Waals surface area contributed by atoms with Gasteiger partial charge in [-0.15, -0.1) is 24.0 Å². The van der Waals surface area contributed by atoms with Crippen molar-refractivity contribution in [3.63, 3.8) is 0 Å². The summed E-state index contributed by atoms with van der Waals surface area (Å²) < 4.78 is 10.5. The number of ether oxygens (including phenoxy) is 1. The van der Waals surface area contributed by atoms with Crippen LogP contribution in [0.25, 0.3) is 0 Å². The maximum atomic E-state index is 5.28. The van der Waals surface area contributed by atoms with Crippen molar-refractivity contribution in [2.45, 2.75) is 58.8 Å². The smallest absolute Gasteiger partial charge is 0.228 e. The maximum Gasteiger partial charge on any atom is 0.228 e. The summed E-state index contributed by atoms with van der Waals surface area (Å²) in [6.07, 6.45) is 5.59. The van der Waals surface area contributed by atoms with Gasteiger partial charge in [0.25, 0.3) is 0 Å². The summed E-state index contributed by atoms with van der Waals surface area (Å²) >= 11 is 0. The van der Waals surface area contributed by atoms with Crippen molar-refractivity contribution in [2.75, 3.05) is 33.4 Å². The molecule has 2 rings (SSSR count). The van der Waals surface area contributed by atoms with Crippen molar-refractivity contribution >= 4 is 29.9 Å². The van der Waals surface area contributed by atoms with Gasteiger partial charge in [0.1, 0.15) is 0 Å². The second-order valence-electron chi connectivity index (χ2n) is 7.17. The van der Waals surface area contributed by atoms with Gasteiger partial charge in [0, 0.05) is 45.7 Å². The monoisotopic (exact) mass is 479 g/mol. The van der Waals surface area contributed by atoms with Crippen LogP contribution in [0.15, 0.2) is 9.52 Å². The van der Waals surface area contributed by atoms with E-state index in [0.717, 1.165) is 44.4 Å². The first-order chi connectivity index (χ1) is 12.1. The van der Waals surface area contributed by atoms with Gasteiger partial charge in [-0.2, -0.15) is 4.98 Å². The number of nitrogens with zero attached hydrogens (tertiary/aromatic N) is 3. The third kappa shape index (κ3) is 7.02. The Morgan fingerprint density at radius 2 is 2.12 bits per heavy atom. The topological polar surface area (TPSA) is 84.6 Å². The predicted octanol–water partition coefficient (Wildman–Crippen LogP) is 3.12. The van der Waals surface area contributed by atoms with E-state index in [0.29, 0.717) is 17.7 Å². The van der Waals surface area contributed by atoms with Crippen molar-refractivity contribution in [1.29, 1.82) is 0 Å². The van der Waals surface area contributed by atoms with Crippen LogP contribution in [-0.2, 0) is 11.2 Å². The standard InChI is InChI=1S/C18H33N5O2.HI/c1-5-19-17(21-13-18(8-6-9-18)10-12-24-4)20-11-7-15-22-16(14(2)3)23-25-15;/h14H,5-13H2,1-4H3,(H2,19,20,21);1H. The van der Waals surface area contributed by atoms with Crippen LogP contribution in [0.2, 0.25) is 0 Å². The van der Waals surface area contributed by atoms with Gasteiger partial charge in [-0.25, -0.2) is 0 Å². The predicted molar refractivity (Wildman–Crippen MR) is 114 cm³/mol. The molecule has 1 aliphatic rings. The molecule has 0 amide bonds. The molecule has 1 aliphatic carbocycles. The van der Waals surface area contributed by atoms with E-state index >= 15 is 0 Å². The Hall–Kier alpha value is -0.900. The van der Waals surface area contributed by atoms with Gasteiger partial charge < -0.3 is 19.9 Å². The molecule has 0 spiro atoms. The lowest BCUT2D eigenvalue weighted by atomic mass is 9.67. The number of hydrogen-bond acceptors (Lipinski definition) is 5. The maximum absolute atomic E-state index is 5.28. The summed E-state index contributed by atoms with van der Waals surface area (Å²) in [7, 11) is 1.77.